The van der Waals surface area contributed by atoms with E-state index >= 15 is 0 Å². The van der Waals surface area contributed by atoms with Crippen LogP contribution in [0.4, 0.5) is 0 Å². The van der Waals surface area contributed by atoms with Crippen molar-refractivity contribution in [2.75, 3.05) is 7.11 Å². The van der Waals surface area contributed by atoms with E-state index in [0.717, 1.165) is 12.8 Å². The Bertz CT molecular complexity index is 409. The van der Waals surface area contributed by atoms with Gasteiger partial charge in [0.15, 0.2) is 0 Å². The van der Waals surface area contributed by atoms with Gasteiger partial charge in [0.2, 0.25) is 0 Å². The molecule has 3 nitrogen and oxygen atoms in total. The Morgan fingerprint density at radius 1 is 1.00 bits per heavy atom. The van der Waals surface area contributed by atoms with E-state index in [9.17, 15) is 4.79 Å². The van der Waals surface area contributed by atoms with E-state index in [-0.39, 0.29) is 18.2 Å². The Labute approximate surface area is 147 Å². The maximum Gasteiger partial charge on any atom is 0.305 e. The van der Waals surface area contributed by atoms with Crippen LogP contribution in [0.25, 0.3) is 0 Å². The van der Waals surface area contributed by atoms with Crippen LogP contribution in [0.3, 0.4) is 0 Å². The molecule has 0 aromatic rings. The van der Waals surface area contributed by atoms with Gasteiger partial charge in [0.25, 0.3) is 0 Å². The quantitative estimate of drug-likeness (QED) is 0.182. The Morgan fingerprint density at radius 2 is 1.75 bits per heavy atom. The predicted molar refractivity (Wildman–Crippen MR) is 99.9 cm³/mol. The summed E-state index contributed by atoms with van der Waals surface area (Å²) >= 11 is 0. The summed E-state index contributed by atoms with van der Waals surface area (Å²) in [5, 5.41) is 0. The molecule has 1 aliphatic heterocycles. The molecule has 0 spiro atoms. The summed E-state index contributed by atoms with van der Waals surface area (Å²) in [5.41, 5.74) is 0. The lowest BCUT2D eigenvalue weighted by atomic mass is 10.1. The van der Waals surface area contributed by atoms with Crippen LogP contribution in [0, 0.1) is 0 Å². The van der Waals surface area contributed by atoms with Crippen molar-refractivity contribution < 1.29 is 14.3 Å². The molecule has 0 bridgehead atoms. The van der Waals surface area contributed by atoms with Gasteiger partial charge in [-0.1, -0.05) is 75.5 Å². The van der Waals surface area contributed by atoms with Crippen molar-refractivity contribution in [3.8, 4) is 0 Å². The van der Waals surface area contributed by atoms with E-state index in [0.29, 0.717) is 6.42 Å². The zero-order valence-electron chi connectivity index (χ0n) is 15.4. The van der Waals surface area contributed by atoms with Gasteiger partial charge in [0.05, 0.1) is 13.2 Å². The summed E-state index contributed by atoms with van der Waals surface area (Å²) in [6.45, 7) is 2.25. The Balaban J connectivity index is 1.94. The summed E-state index contributed by atoms with van der Waals surface area (Å²) in [6.07, 6.45) is 24.6. The maximum absolute atomic E-state index is 11.0. The molecule has 0 N–H and O–H groups in total. The SMILES string of the molecule is CCCCCCCC/C=C/C=C/C=C/[C@@H]1O[C@H]1CCCC(=O)OC. The van der Waals surface area contributed by atoms with Crippen molar-refractivity contribution in [2.24, 2.45) is 0 Å². The average Bonchev–Trinajstić information content (AvgIpc) is 3.34. The molecule has 0 saturated carbocycles. The van der Waals surface area contributed by atoms with E-state index in [4.69, 9.17) is 4.74 Å². The van der Waals surface area contributed by atoms with Gasteiger partial charge in [0.1, 0.15) is 6.10 Å². The third kappa shape index (κ3) is 11.2. The van der Waals surface area contributed by atoms with Gasteiger partial charge in [-0.05, 0) is 25.7 Å². The molecule has 0 aliphatic carbocycles. The number of carbonyl (C=O) groups excluding carboxylic acids is 1. The van der Waals surface area contributed by atoms with Crippen LogP contribution in [-0.4, -0.2) is 25.3 Å². The van der Waals surface area contributed by atoms with Crippen LogP contribution in [0.1, 0.15) is 71.1 Å². The topological polar surface area (TPSA) is 38.8 Å². The standard InChI is InChI=1S/C21H34O3/c1-3-4-5-6-7-8-9-10-11-12-13-14-16-19-20(24-19)17-15-18-21(22)23-2/h10-14,16,19-20H,3-9,15,17-18H2,1-2H3/b11-10+,13-12+,16-14+/t19-,20-/m0/s1. The molecule has 1 aliphatic rings. The first-order chi connectivity index (χ1) is 11.8. The highest BCUT2D eigenvalue weighted by atomic mass is 16.6. The fraction of sp³-hybridized carbons (Fsp3) is 0.667. The number of rotatable bonds is 14. The van der Waals surface area contributed by atoms with E-state index < -0.39 is 0 Å². The summed E-state index contributed by atoms with van der Waals surface area (Å²) in [6, 6.07) is 0. The van der Waals surface area contributed by atoms with Crippen molar-refractivity contribution >= 4 is 5.97 Å². The molecular weight excluding hydrogens is 300 g/mol. The second-order valence-electron chi connectivity index (χ2n) is 6.36. The first kappa shape index (κ1) is 20.7. The molecule has 0 aromatic heterocycles. The largest absolute Gasteiger partial charge is 0.469 e. The monoisotopic (exact) mass is 334 g/mol. The molecule has 136 valence electrons. The van der Waals surface area contributed by atoms with Crippen LogP contribution < -0.4 is 0 Å². The zero-order chi connectivity index (χ0) is 17.5. The average molecular weight is 335 g/mol. The van der Waals surface area contributed by atoms with Crippen LogP contribution in [0.2, 0.25) is 0 Å². The minimum absolute atomic E-state index is 0.140. The molecular formula is C21H34O3. The van der Waals surface area contributed by atoms with Gasteiger partial charge in [0, 0.05) is 6.42 Å². The first-order valence-electron chi connectivity index (χ1n) is 9.50. The molecule has 1 rings (SSSR count). The van der Waals surface area contributed by atoms with E-state index in [2.05, 4.69) is 36.0 Å². The van der Waals surface area contributed by atoms with Crippen molar-refractivity contribution in [3.05, 3.63) is 36.5 Å². The Morgan fingerprint density at radius 3 is 2.54 bits per heavy atom. The number of esters is 1. The number of epoxide rings is 1. The maximum atomic E-state index is 11.0. The number of hydrogen-bond acceptors (Lipinski definition) is 3. The molecule has 2 atom stereocenters. The highest BCUT2D eigenvalue weighted by Gasteiger charge is 2.35. The lowest BCUT2D eigenvalue weighted by molar-refractivity contribution is -0.140. The number of allylic oxidation sites excluding steroid dienone is 5. The molecule has 0 aromatic carbocycles. The van der Waals surface area contributed by atoms with Crippen molar-refractivity contribution in [3.63, 3.8) is 0 Å². The molecule has 1 heterocycles. The van der Waals surface area contributed by atoms with Gasteiger partial charge in [-0.3, -0.25) is 4.79 Å². The highest BCUT2D eigenvalue weighted by Crippen LogP contribution is 2.28. The van der Waals surface area contributed by atoms with Crippen molar-refractivity contribution in [1.29, 1.82) is 0 Å². The summed E-state index contributed by atoms with van der Waals surface area (Å²) < 4.78 is 10.2. The van der Waals surface area contributed by atoms with Gasteiger partial charge in [-0.2, -0.15) is 0 Å². The van der Waals surface area contributed by atoms with E-state index in [1.165, 1.54) is 52.1 Å². The molecule has 24 heavy (non-hydrogen) atoms. The third-order valence-electron chi connectivity index (χ3n) is 4.21. The van der Waals surface area contributed by atoms with E-state index in [1.807, 2.05) is 12.2 Å². The number of unbranched alkanes of at least 4 members (excludes halogenated alkanes) is 6. The zero-order valence-corrected chi connectivity index (χ0v) is 15.4. The second-order valence-corrected chi connectivity index (χ2v) is 6.36. The van der Waals surface area contributed by atoms with Gasteiger partial charge in [-0.15, -0.1) is 0 Å². The van der Waals surface area contributed by atoms with Crippen LogP contribution in [0.5, 0.6) is 0 Å². The van der Waals surface area contributed by atoms with E-state index in [1.54, 1.807) is 0 Å². The number of hydrogen-bond donors (Lipinski definition) is 0. The lowest BCUT2D eigenvalue weighted by Crippen LogP contribution is -2.01. The molecule has 0 amide bonds. The normalized spacial score (nSPS) is 20.4. The Hall–Kier alpha value is -1.35. The van der Waals surface area contributed by atoms with Gasteiger partial charge < -0.3 is 9.47 Å². The second kappa shape index (κ2) is 14.0. The minimum Gasteiger partial charge on any atom is -0.469 e. The molecule has 1 fully saturated rings. The smallest absolute Gasteiger partial charge is 0.305 e. The molecule has 1 saturated heterocycles. The van der Waals surface area contributed by atoms with Gasteiger partial charge >= 0.3 is 5.97 Å². The van der Waals surface area contributed by atoms with Crippen molar-refractivity contribution in [2.45, 2.75) is 83.3 Å². The number of ether oxygens (including phenoxy) is 2. The van der Waals surface area contributed by atoms with Crippen molar-refractivity contribution in [1.82, 2.24) is 0 Å². The van der Waals surface area contributed by atoms with Crippen LogP contribution in [-0.2, 0) is 14.3 Å². The Kier molecular flexibility index (Phi) is 12.1. The summed E-state index contributed by atoms with van der Waals surface area (Å²) in [7, 11) is 1.43. The summed E-state index contributed by atoms with van der Waals surface area (Å²) in [4.78, 5) is 11.0. The number of carbonyl (C=O) groups is 1. The molecule has 0 unspecified atom stereocenters. The molecule has 3 heteroatoms. The van der Waals surface area contributed by atoms with Crippen LogP contribution >= 0.6 is 0 Å². The fourth-order valence-electron chi connectivity index (χ4n) is 2.63. The summed E-state index contributed by atoms with van der Waals surface area (Å²) in [5.74, 6) is -0.140. The first-order valence-corrected chi connectivity index (χ1v) is 9.50. The fourth-order valence-corrected chi connectivity index (χ4v) is 2.63. The van der Waals surface area contributed by atoms with Crippen LogP contribution in [0.15, 0.2) is 36.5 Å². The number of methoxy groups -OCH3 is 1. The van der Waals surface area contributed by atoms with Gasteiger partial charge in [-0.25, -0.2) is 0 Å². The molecule has 0 radical (unpaired) electrons. The minimum atomic E-state index is -0.140. The highest BCUT2D eigenvalue weighted by molar-refractivity contribution is 5.68. The lowest BCUT2D eigenvalue weighted by Gasteiger charge is -1.97. The predicted octanol–water partition coefficient (Wildman–Crippen LogP) is 5.52. The third-order valence-corrected chi connectivity index (χ3v) is 4.21.